The summed E-state index contributed by atoms with van der Waals surface area (Å²) in [5, 5.41) is 5.28. The minimum atomic E-state index is 0. The topological polar surface area (TPSA) is 66.5 Å². The molecule has 0 aliphatic carbocycles. The lowest BCUT2D eigenvalue weighted by Gasteiger charge is -2.21. The fourth-order valence-corrected chi connectivity index (χ4v) is 3.74. The van der Waals surface area contributed by atoms with Crippen LogP contribution in [0.1, 0.15) is 36.1 Å². The number of hydrogen-bond donors (Lipinski definition) is 2. The summed E-state index contributed by atoms with van der Waals surface area (Å²) in [5.41, 5.74) is 7.13. The molecule has 1 fully saturated rings. The SMILES string of the molecule is I.NC(=NCc1ccnc(N2CCCCCC2)c1)NCCc1cccs1. The summed E-state index contributed by atoms with van der Waals surface area (Å²) in [6.07, 6.45) is 8.02. The maximum Gasteiger partial charge on any atom is 0.188 e. The maximum absolute atomic E-state index is 5.98. The standard InChI is InChI=1S/C19H27N5S.HI/c20-19(22-10-8-17-6-5-13-25-17)23-15-16-7-9-21-18(14-16)24-11-3-1-2-4-12-24;/h5-7,9,13-14H,1-4,8,10-12,15H2,(H3,20,22,23);1H. The molecular weight excluding hydrogens is 457 g/mol. The van der Waals surface area contributed by atoms with E-state index in [2.05, 4.69) is 43.8 Å². The van der Waals surface area contributed by atoms with Crippen LogP contribution >= 0.6 is 35.3 Å². The van der Waals surface area contributed by atoms with E-state index in [0.29, 0.717) is 12.5 Å². The minimum absolute atomic E-state index is 0. The largest absolute Gasteiger partial charge is 0.370 e. The van der Waals surface area contributed by atoms with Crippen LogP contribution in [0.2, 0.25) is 0 Å². The zero-order valence-corrected chi connectivity index (χ0v) is 18.2. The zero-order valence-electron chi connectivity index (χ0n) is 15.1. The fourth-order valence-electron chi connectivity index (χ4n) is 3.03. The highest BCUT2D eigenvalue weighted by Gasteiger charge is 2.11. The van der Waals surface area contributed by atoms with Gasteiger partial charge in [0.2, 0.25) is 0 Å². The van der Waals surface area contributed by atoms with Crippen LogP contribution < -0.4 is 16.0 Å². The van der Waals surface area contributed by atoms with Crippen molar-refractivity contribution in [3.63, 3.8) is 0 Å². The van der Waals surface area contributed by atoms with E-state index in [1.807, 2.05) is 12.3 Å². The average Bonchev–Trinajstić information content (AvgIpc) is 3.00. The van der Waals surface area contributed by atoms with Crippen LogP contribution in [-0.2, 0) is 13.0 Å². The Bertz CT molecular complexity index is 666. The van der Waals surface area contributed by atoms with E-state index in [0.717, 1.165) is 37.4 Å². The first-order valence-electron chi connectivity index (χ1n) is 9.07. The van der Waals surface area contributed by atoms with E-state index >= 15 is 0 Å². The van der Waals surface area contributed by atoms with Gasteiger partial charge in [0.15, 0.2) is 5.96 Å². The van der Waals surface area contributed by atoms with Crippen molar-refractivity contribution in [3.8, 4) is 0 Å². The predicted molar refractivity (Wildman–Crippen MR) is 122 cm³/mol. The number of halogens is 1. The molecule has 7 heteroatoms. The third kappa shape index (κ3) is 6.75. The molecule has 0 radical (unpaired) electrons. The molecule has 1 saturated heterocycles. The highest BCUT2D eigenvalue weighted by Crippen LogP contribution is 2.18. The quantitative estimate of drug-likeness (QED) is 0.371. The summed E-state index contributed by atoms with van der Waals surface area (Å²) in [6.45, 7) is 3.60. The van der Waals surface area contributed by atoms with Crippen molar-refractivity contribution in [1.29, 1.82) is 0 Å². The second-order valence-corrected chi connectivity index (χ2v) is 7.41. The number of anilines is 1. The van der Waals surface area contributed by atoms with Crippen LogP contribution in [-0.4, -0.2) is 30.6 Å². The molecule has 1 aliphatic heterocycles. The van der Waals surface area contributed by atoms with Gasteiger partial charge in [0.1, 0.15) is 5.82 Å². The van der Waals surface area contributed by atoms with E-state index < -0.39 is 0 Å². The van der Waals surface area contributed by atoms with Crippen LogP contribution in [0.5, 0.6) is 0 Å². The van der Waals surface area contributed by atoms with Crippen molar-refractivity contribution < 1.29 is 0 Å². The number of thiophene rings is 1. The first kappa shape index (κ1) is 21.0. The number of nitrogens with two attached hydrogens (primary N) is 1. The lowest BCUT2D eigenvalue weighted by molar-refractivity contribution is 0.726. The highest BCUT2D eigenvalue weighted by molar-refractivity contribution is 14.0. The summed E-state index contributed by atoms with van der Waals surface area (Å²) < 4.78 is 0. The molecule has 0 bridgehead atoms. The van der Waals surface area contributed by atoms with Crippen molar-refractivity contribution >= 4 is 47.1 Å². The summed E-state index contributed by atoms with van der Waals surface area (Å²) in [4.78, 5) is 12.7. The van der Waals surface area contributed by atoms with Gasteiger partial charge in [0, 0.05) is 30.7 Å². The Labute approximate surface area is 177 Å². The Kier molecular flexibility index (Phi) is 9.17. The van der Waals surface area contributed by atoms with Crippen LogP contribution in [0, 0.1) is 0 Å². The predicted octanol–water partition coefficient (Wildman–Crippen LogP) is 3.79. The fraction of sp³-hybridized carbons (Fsp3) is 0.474. The number of guanidine groups is 1. The molecule has 0 saturated carbocycles. The van der Waals surface area contributed by atoms with Gasteiger partial charge in [-0.3, -0.25) is 0 Å². The van der Waals surface area contributed by atoms with Crippen LogP contribution in [0.15, 0.2) is 40.8 Å². The third-order valence-electron chi connectivity index (χ3n) is 4.43. The van der Waals surface area contributed by atoms with Gasteiger partial charge in [-0.25, -0.2) is 9.98 Å². The Balaban J connectivity index is 0.00000243. The van der Waals surface area contributed by atoms with Crippen molar-refractivity contribution in [2.45, 2.75) is 38.6 Å². The maximum atomic E-state index is 5.98. The first-order valence-corrected chi connectivity index (χ1v) is 9.95. The molecule has 0 atom stereocenters. The first-order chi connectivity index (χ1) is 12.3. The second-order valence-electron chi connectivity index (χ2n) is 6.38. The Morgan fingerprint density at radius 1 is 1.23 bits per heavy atom. The smallest absolute Gasteiger partial charge is 0.188 e. The molecule has 5 nitrogen and oxygen atoms in total. The number of pyridine rings is 1. The Morgan fingerprint density at radius 2 is 2.04 bits per heavy atom. The molecule has 0 unspecified atom stereocenters. The molecule has 0 aromatic carbocycles. The molecule has 142 valence electrons. The van der Waals surface area contributed by atoms with E-state index in [4.69, 9.17) is 5.73 Å². The summed E-state index contributed by atoms with van der Waals surface area (Å²) in [7, 11) is 0. The van der Waals surface area contributed by atoms with Crippen molar-refractivity contribution in [2.75, 3.05) is 24.5 Å². The minimum Gasteiger partial charge on any atom is -0.370 e. The lowest BCUT2D eigenvalue weighted by Crippen LogP contribution is -2.33. The molecule has 26 heavy (non-hydrogen) atoms. The highest BCUT2D eigenvalue weighted by atomic mass is 127. The molecule has 3 N–H and O–H groups in total. The number of nitrogens with zero attached hydrogens (tertiary/aromatic N) is 3. The van der Waals surface area contributed by atoms with Crippen molar-refractivity contribution in [2.24, 2.45) is 10.7 Å². The monoisotopic (exact) mass is 485 g/mol. The average molecular weight is 485 g/mol. The van der Waals surface area contributed by atoms with Crippen molar-refractivity contribution in [1.82, 2.24) is 10.3 Å². The summed E-state index contributed by atoms with van der Waals surface area (Å²) in [6, 6.07) is 8.38. The van der Waals surface area contributed by atoms with Gasteiger partial charge in [-0.15, -0.1) is 35.3 Å². The summed E-state index contributed by atoms with van der Waals surface area (Å²) >= 11 is 1.77. The Morgan fingerprint density at radius 3 is 2.77 bits per heavy atom. The molecule has 1 aliphatic rings. The van der Waals surface area contributed by atoms with Gasteiger partial charge in [-0.05, 0) is 48.4 Å². The number of aliphatic imine (C=N–C) groups is 1. The molecule has 0 amide bonds. The molecule has 2 aromatic rings. The summed E-state index contributed by atoms with van der Waals surface area (Å²) in [5.74, 6) is 1.57. The second kappa shape index (κ2) is 11.4. The Hall–Kier alpha value is -1.35. The van der Waals surface area contributed by atoms with Gasteiger partial charge >= 0.3 is 0 Å². The zero-order chi connectivity index (χ0) is 17.3. The molecule has 2 aromatic heterocycles. The van der Waals surface area contributed by atoms with Crippen molar-refractivity contribution in [3.05, 3.63) is 46.3 Å². The molecule has 3 heterocycles. The lowest BCUT2D eigenvalue weighted by atomic mass is 10.2. The number of aromatic nitrogens is 1. The normalized spacial score (nSPS) is 15.2. The number of nitrogens with one attached hydrogen (secondary N) is 1. The number of rotatable bonds is 6. The number of hydrogen-bond acceptors (Lipinski definition) is 4. The van der Waals surface area contributed by atoms with E-state index in [1.54, 1.807) is 11.3 Å². The van der Waals surface area contributed by atoms with Crippen LogP contribution in [0.4, 0.5) is 5.82 Å². The van der Waals surface area contributed by atoms with Gasteiger partial charge in [0.25, 0.3) is 0 Å². The molecule has 0 spiro atoms. The van der Waals surface area contributed by atoms with E-state index in [9.17, 15) is 0 Å². The van der Waals surface area contributed by atoms with Crippen LogP contribution in [0.25, 0.3) is 0 Å². The molecular formula is C19H28IN5S. The van der Waals surface area contributed by atoms with Crippen LogP contribution in [0.3, 0.4) is 0 Å². The van der Waals surface area contributed by atoms with Gasteiger partial charge in [0.05, 0.1) is 6.54 Å². The van der Waals surface area contributed by atoms with E-state index in [1.165, 1.54) is 30.6 Å². The van der Waals surface area contributed by atoms with E-state index in [-0.39, 0.29) is 24.0 Å². The third-order valence-corrected chi connectivity index (χ3v) is 5.37. The molecule has 3 rings (SSSR count). The van der Waals surface area contributed by atoms with Gasteiger partial charge in [-0.1, -0.05) is 18.9 Å². The van der Waals surface area contributed by atoms with Gasteiger partial charge < -0.3 is 16.0 Å². The van der Waals surface area contributed by atoms with Gasteiger partial charge in [-0.2, -0.15) is 0 Å².